The highest BCUT2D eigenvalue weighted by molar-refractivity contribution is 7.19. The first kappa shape index (κ1) is 11.7. The maximum absolute atomic E-state index is 3.52. The van der Waals surface area contributed by atoms with E-state index in [1.165, 1.54) is 31.7 Å². The van der Waals surface area contributed by atoms with Crippen molar-refractivity contribution in [2.45, 2.75) is 13.0 Å². The fourth-order valence-corrected chi connectivity index (χ4v) is 4.23. The van der Waals surface area contributed by atoms with Crippen LogP contribution in [0.1, 0.15) is 27.6 Å². The standard InChI is InChI=1S/C18H15NS/c1-12-14-7-4-5-9-16(14)20-18(12)17-15-8-3-2-6-13(15)10-11-19-17/h2-11,17,19H,1H3. The lowest BCUT2D eigenvalue weighted by atomic mass is 9.95. The van der Waals surface area contributed by atoms with E-state index in [1.807, 2.05) is 11.3 Å². The first-order chi connectivity index (χ1) is 9.84. The molecule has 0 saturated heterocycles. The zero-order valence-corrected chi connectivity index (χ0v) is 12.1. The minimum absolute atomic E-state index is 0.272. The maximum atomic E-state index is 3.52. The summed E-state index contributed by atoms with van der Waals surface area (Å²) in [6.45, 7) is 2.23. The van der Waals surface area contributed by atoms with E-state index >= 15 is 0 Å². The molecule has 98 valence electrons. The van der Waals surface area contributed by atoms with Crippen LogP contribution in [0.5, 0.6) is 0 Å². The molecule has 3 aromatic rings. The highest BCUT2D eigenvalue weighted by atomic mass is 32.1. The van der Waals surface area contributed by atoms with E-state index < -0.39 is 0 Å². The third-order valence-corrected chi connectivity index (χ3v) is 5.31. The summed E-state index contributed by atoms with van der Waals surface area (Å²) >= 11 is 1.90. The largest absolute Gasteiger partial charge is 0.379 e. The van der Waals surface area contributed by atoms with Crippen molar-refractivity contribution in [2.24, 2.45) is 0 Å². The molecule has 1 atom stereocenters. The summed E-state index contributed by atoms with van der Waals surface area (Å²) in [5.41, 5.74) is 4.07. The van der Waals surface area contributed by atoms with Gasteiger partial charge in [-0.2, -0.15) is 0 Å². The monoisotopic (exact) mass is 277 g/mol. The smallest absolute Gasteiger partial charge is 0.0864 e. The molecule has 2 heterocycles. The summed E-state index contributed by atoms with van der Waals surface area (Å²) < 4.78 is 1.37. The second-order valence-corrected chi connectivity index (χ2v) is 6.23. The van der Waals surface area contributed by atoms with E-state index in [1.54, 1.807) is 0 Å². The topological polar surface area (TPSA) is 12.0 Å². The SMILES string of the molecule is Cc1c(C2NC=Cc3ccccc32)sc2ccccc12. The molecular weight excluding hydrogens is 262 g/mol. The van der Waals surface area contributed by atoms with Crippen LogP contribution in [0.4, 0.5) is 0 Å². The number of nitrogens with one attached hydrogen (secondary N) is 1. The average molecular weight is 277 g/mol. The number of hydrogen-bond acceptors (Lipinski definition) is 2. The third-order valence-electron chi connectivity index (χ3n) is 3.98. The Morgan fingerprint density at radius 3 is 2.70 bits per heavy atom. The van der Waals surface area contributed by atoms with E-state index in [0.29, 0.717) is 0 Å². The van der Waals surface area contributed by atoms with Crippen molar-refractivity contribution in [3.63, 3.8) is 0 Å². The number of aryl methyl sites for hydroxylation is 1. The quantitative estimate of drug-likeness (QED) is 0.669. The molecule has 4 rings (SSSR count). The fourth-order valence-electron chi connectivity index (χ4n) is 2.94. The van der Waals surface area contributed by atoms with Crippen LogP contribution in [-0.4, -0.2) is 0 Å². The first-order valence-electron chi connectivity index (χ1n) is 6.84. The molecule has 1 aliphatic rings. The van der Waals surface area contributed by atoms with Crippen molar-refractivity contribution in [3.8, 4) is 0 Å². The predicted octanol–water partition coefficient (Wildman–Crippen LogP) is 4.87. The van der Waals surface area contributed by atoms with Gasteiger partial charge in [0.1, 0.15) is 0 Å². The normalized spacial score (nSPS) is 16.9. The molecule has 1 nitrogen and oxygen atoms in total. The Hall–Kier alpha value is -2.06. The van der Waals surface area contributed by atoms with Gasteiger partial charge in [-0.25, -0.2) is 0 Å². The van der Waals surface area contributed by atoms with Gasteiger partial charge in [-0.15, -0.1) is 11.3 Å². The van der Waals surface area contributed by atoms with Crippen molar-refractivity contribution in [2.75, 3.05) is 0 Å². The summed E-state index contributed by atoms with van der Waals surface area (Å²) in [6, 6.07) is 17.6. The van der Waals surface area contributed by atoms with Gasteiger partial charge < -0.3 is 5.32 Å². The fraction of sp³-hybridized carbons (Fsp3) is 0.111. The van der Waals surface area contributed by atoms with Crippen LogP contribution in [0.25, 0.3) is 16.2 Å². The zero-order valence-electron chi connectivity index (χ0n) is 11.3. The summed E-state index contributed by atoms with van der Waals surface area (Å²) in [5, 5.41) is 4.90. The van der Waals surface area contributed by atoms with Crippen LogP contribution in [0.2, 0.25) is 0 Å². The van der Waals surface area contributed by atoms with Crippen LogP contribution in [0, 0.1) is 6.92 Å². The van der Waals surface area contributed by atoms with E-state index in [0.717, 1.165) is 0 Å². The summed E-state index contributed by atoms with van der Waals surface area (Å²) in [4.78, 5) is 1.42. The molecule has 1 aromatic heterocycles. The lowest BCUT2D eigenvalue weighted by Crippen LogP contribution is -2.20. The average Bonchev–Trinajstić information content (AvgIpc) is 2.84. The second-order valence-electron chi connectivity index (χ2n) is 5.15. The van der Waals surface area contributed by atoms with E-state index in [-0.39, 0.29) is 6.04 Å². The molecule has 1 unspecified atom stereocenters. The predicted molar refractivity (Wildman–Crippen MR) is 87.0 cm³/mol. The van der Waals surface area contributed by atoms with Crippen molar-refractivity contribution < 1.29 is 0 Å². The lowest BCUT2D eigenvalue weighted by molar-refractivity contribution is 0.731. The molecule has 0 amide bonds. The Morgan fingerprint density at radius 2 is 1.80 bits per heavy atom. The van der Waals surface area contributed by atoms with Crippen LogP contribution in [0.15, 0.2) is 54.7 Å². The highest BCUT2D eigenvalue weighted by Gasteiger charge is 2.22. The molecule has 0 aliphatic carbocycles. The lowest BCUT2D eigenvalue weighted by Gasteiger charge is -2.23. The molecule has 1 aliphatic heterocycles. The van der Waals surface area contributed by atoms with Gasteiger partial charge in [-0.1, -0.05) is 42.5 Å². The molecule has 0 spiro atoms. The molecule has 0 fully saturated rings. The van der Waals surface area contributed by atoms with Gasteiger partial charge in [0.05, 0.1) is 6.04 Å². The van der Waals surface area contributed by atoms with Crippen molar-refractivity contribution in [1.29, 1.82) is 0 Å². The van der Waals surface area contributed by atoms with Crippen LogP contribution in [-0.2, 0) is 0 Å². The second kappa shape index (κ2) is 4.50. The molecule has 2 heteroatoms. The van der Waals surface area contributed by atoms with E-state index in [2.05, 4.69) is 73.0 Å². The minimum atomic E-state index is 0.272. The number of rotatable bonds is 1. The Kier molecular flexibility index (Phi) is 2.64. The number of benzene rings is 2. The van der Waals surface area contributed by atoms with Crippen molar-refractivity contribution in [1.82, 2.24) is 5.32 Å². The molecule has 1 N–H and O–H groups in total. The van der Waals surface area contributed by atoms with Crippen molar-refractivity contribution in [3.05, 3.63) is 76.3 Å². The number of thiophene rings is 1. The molecule has 2 aromatic carbocycles. The van der Waals surface area contributed by atoms with Gasteiger partial charge in [0, 0.05) is 9.58 Å². The summed E-state index contributed by atoms with van der Waals surface area (Å²) in [7, 11) is 0. The molecule has 0 bridgehead atoms. The van der Waals surface area contributed by atoms with Gasteiger partial charge >= 0.3 is 0 Å². The van der Waals surface area contributed by atoms with Gasteiger partial charge in [0.2, 0.25) is 0 Å². The minimum Gasteiger partial charge on any atom is -0.379 e. The van der Waals surface area contributed by atoms with Crippen LogP contribution < -0.4 is 5.32 Å². The van der Waals surface area contributed by atoms with Crippen LogP contribution >= 0.6 is 11.3 Å². The highest BCUT2D eigenvalue weighted by Crippen LogP contribution is 2.39. The van der Waals surface area contributed by atoms with Crippen LogP contribution in [0.3, 0.4) is 0 Å². The molecule has 0 saturated carbocycles. The van der Waals surface area contributed by atoms with Gasteiger partial charge in [-0.3, -0.25) is 0 Å². The Balaban J connectivity index is 1.92. The zero-order chi connectivity index (χ0) is 13.5. The maximum Gasteiger partial charge on any atom is 0.0864 e. The van der Waals surface area contributed by atoms with E-state index in [9.17, 15) is 0 Å². The number of fused-ring (bicyclic) bond motifs is 2. The van der Waals surface area contributed by atoms with Gasteiger partial charge in [0.15, 0.2) is 0 Å². The molecule has 0 radical (unpaired) electrons. The van der Waals surface area contributed by atoms with Gasteiger partial charge in [-0.05, 0) is 47.3 Å². The third kappa shape index (κ3) is 1.69. The Bertz CT molecular complexity index is 813. The first-order valence-corrected chi connectivity index (χ1v) is 7.66. The van der Waals surface area contributed by atoms with E-state index in [4.69, 9.17) is 0 Å². The van der Waals surface area contributed by atoms with Crippen molar-refractivity contribution >= 4 is 27.5 Å². The summed E-state index contributed by atoms with van der Waals surface area (Å²) in [6.07, 6.45) is 4.21. The Morgan fingerprint density at radius 1 is 1.00 bits per heavy atom. The Labute approximate surface area is 122 Å². The summed E-state index contributed by atoms with van der Waals surface area (Å²) in [5.74, 6) is 0. The number of hydrogen-bond donors (Lipinski definition) is 1. The van der Waals surface area contributed by atoms with Gasteiger partial charge in [0.25, 0.3) is 0 Å². The molecular formula is C18H15NS. The molecule has 20 heavy (non-hydrogen) atoms.